The van der Waals surface area contributed by atoms with Crippen molar-refractivity contribution >= 4 is 33.2 Å². The van der Waals surface area contributed by atoms with E-state index in [0.29, 0.717) is 18.6 Å². The van der Waals surface area contributed by atoms with Crippen molar-refractivity contribution in [3.8, 4) is 11.5 Å². The Hall–Kier alpha value is -2.50. The lowest BCUT2D eigenvalue weighted by atomic mass is 9.98. The summed E-state index contributed by atoms with van der Waals surface area (Å²) in [5.74, 6) is -0.696. The molecule has 3 rings (SSSR count). The van der Waals surface area contributed by atoms with Crippen molar-refractivity contribution in [1.82, 2.24) is 4.31 Å². The summed E-state index contributed by atoms with van der Waals surface area (Å²) in [4.78, 5) is 12.7. The van der Waals surface area contributed by atoms with Gasteiger partial charge in [-0.05, 0) is 43.2 Å². The molecule has 33 heavy (non-hydrogen) atoms. The van der Waals surface area contributed by atoms with E-state index in [-0.39, 0.29) is 29.4 Å². The van der Waals surface area contributed by atoms with Crippen LogP contribution in [0.1, 0.15) is 18.4 Å². The number of anilines is 1. The summed E-state index contributed by atoms with van der Waals surface area (Å²) in [6.07, 6.45) is -3.87. The molecule has 0 spiro atoms. The van der Waals surface area contributed by atoms with Crippen LogP contribution in [-0.4, -0.2) is 45.9 Å². The molecular formula is C21H22ClF3N2O5S. The van der Waals surface area contributed by atoms with Gasteiger partial charge < -0.3 is 14.8 Å². The fourth-order valence-corrected chi connectivity index (χ4v) is 5.33. The lowest BCUT2D eigenvalue weighted by Gasteiger charge is -2.31. The predicted octanol–water partition coefficient (Wildman–Crippen LogP) is 4.42. The molecule has 1 atom stereocenters. The molecule has 0 saturated carbocycles. The summed E-state index contributed by atoms with van der Waals surface area (Å²) in [5.41, 5.74) is -1.14. The van der Waals surface area contributed by atoms with Crippen molar-refractivity contribution in [1.29, 1.82) is 0 Å². The lowest BCUT2D eigenvalue weighted by Crippen LogP contribution is -2.43. The van der Waals surface area contributed by atoms with Crippen LogP contribution in [0.5, 0.6) is 11.5 Å². The van der Waals surface area contributed by atoms with Gasteiger partial charge in [0.1, 0.15) is 0 Å². The molecule has 0 aliphatic carbocycles. The number of rotatable bonds is 6. The van der Waals surface area contributed by atoms with Gasteiger partial charge >= 0.3 is 6.18 Å². The summed E-state index contributed by atoms with van der Waals surface area (Å²) < 4.78 is 77.0. The maximum atomic E-state index is 13.1. The predicted molar refractivity (Wildman–Crippen MR) is 116 cm³/mol. The Balaban J connectivity index is 1.77. The number of hydrogen-bond donors (Lipinski definition) is 1. The van der Waals surface area contributed by atoms with Crippen LogP contribution < -0.4 is 14.8 Å². The number of carbonyl (C=O) groups excluding carboxylic acids is 1. The average Bonchev–Trinajstić information content (AvgIpc) is 2.79. The highest BCUT2D eigenvalue weighted by Crippen LogP contribution is 2.36. The summed E-state index contributed by atoms with van der Waals surface area (Å²) in [5, 5.41) is 1.96. The molecule has 0 aromatic heterocycles. The number of hydrogen-bond acceptors (Lipinski definition) is 5. The summed E-state index contributed by atoms with van der Waals surface area (Å²) in [7, 11) is -1.12. The molecule has 2 aromatic rings. The third-order valence-corrected chi connectivity index (χ3v) is 7.48. The molecule has 7 nitrogen and oxygen atoms in total. The second-order valence-corrected chi connectivity index (χ2v) is 9.75. The molecule has 1 heterocycles. The molecule has 0 radical (unpaired) electrons. The summed E-state index contributed by atoms with van der Waals surface area (Å²) >= 11 is 5.61. The average molecular weight is 507 g/mol. The summed E-state index contributed by atoms with van der Waals surface area (Å²) in [6, 6.07) is 7.25. The van der Waals surface area contributed by atoms with Crippen LogP contribution in [0.4, 0.5) is 18.9 Å². The molecule has 0 bridgehead atoms. The standard InChI is InChI=1S/C21H22ClF3N2O5S/c1-31-18-8-6-15(11-19(18)32-2)33(29,30)27-9-3-4-13(12-27)20(28)26-14-5-7-17(22)16(10-14)21(23,24)25/h5-8,10-11,13H,3-4,9,12H2,1-2H3,(H,26,28)/t13-/m0/s1. The van der Waals surface area contributed by atoms with Crippen molar-refractivity contribution in [2.45, 2.75) is 23.9 Å². The van der Waals surface area contributed by atoms with Gasteiger partial charge in [-0.25, -0.2) is 8.42 Å². The number of ether oxygens (including phenoxy) is 2. The Kier molecular flexibility index (Phi) is 7.45. The van der Waals surface area contributed by atoms with Gasteiger partial charge in [0.05, 0.1) is 35.6 Å². The monoisotopic (exact) mass is 506 g/mol. The molecule has 0 unspecified atom stereocenters. The van der Waals surface area contributed by atoms with Crippen LogP contribution in [-0.2, 0) is 21.0 Å². The van der Waals surface area contributed by atoms with Crippen molar-refractivity contribution in [2.75, 3.05) is 32.6 Å². The smallest absolute Gasteiger partial charge is 0.417 e. The minimum Gasteiger partial charge on any atom is -0.493 e. The van der Waals surface area contributed by atoms with Crippen molar-refractivity contribution in [3.63, 3.8) is 0 Å². The van der Waals surface area contributed by atoms with E-state index in [2.05, 4.69) is 5.32 Å². The maximum absolute atomic E-state index is 13.1. The highest BCUT2D eigenvalue weighted by molar-refractivity contribution is 7.89. The van der Waals surface area contributed by atoms with E-state index in [1.807, 2.05) is 0 Å². The van der Waals surface area contributed by atoms with E-state index >= 15 is 0 Å². The molecular weight excluding hydrogens is 485 g/mol. The fraction of sp³-hybridized carbons (Fsp3) is 0.381. The van der Waals surface area contributed by atoms with Crippen LogP contribution in [0.3, 0.4) is 0 Å². The number of carbonyl (C=O) groups is 1. The van der Waals surface area contributed by atoms with Gasteiger partial charge in [0.25, 0.3) is 0 Å². The molecule has 12 heteroatoms. The Bertz CT molecular complexity index is 1140. The minimum absolute atomic E-state index is 0.0197. The third-order valence-electron chi connectivity index (χ3n) is 5.29. The number of alkyl halides is 3. The number of halogens is 4. The quantitative estimate of drug-likeness (QED) is 0.627. The van der Waals surface area contributed by atoms with Gasteiger partial charge in [0.2, 0.25) is 15.9 Å². The molecule has 180 valence electrons. The first-order valence-corrected chi connectivity index (χ1v) is 11.7. The highest BCUT2D eigenvalue weighted by Gasteiger charge is 2.35. The van der Waals surface area contributed by atoms with Crippen molar-refractivity contribution < 1.29 is 35.9 Å². The van der Waals surface area contributed by atoms with Crippen LogP contribution in [0.2, 0.25) is 5.02 Å². The number of benzene rings is 2. The summed E-state index contributed by atoms with van der Waals surface area (Å²) in [6.45, 7) is 0.0991. The topological polar surface area (TPSA) is 84.9 Å². The lowest BCUT2D eigenvalue weighted by molar-refractivity contribution is -0.137. The zero-order chi connectivity index (χ0) is 24.4. The van der Waals surface area contributed by atoms with Crippen LogP contribution in [0.25, 0.3) is 0 Å². The first-order valence-electron chi connectivity index (χ1n) is 9.87. The SMILES string of the molecule is COc1ccc(S(=O)(=O)N2CCC[C@H](C(=O)Nc3ccc(Cl)c(C(F)(F)F)c3)C2)cc1OC. The molecule has 1 aliphatic rings. The number of nitrogens with one attached hydrogen (secondary N) is 1. The molecule has 1 aliphatic heterocycles. The van der Waals surface area contributed by atoms with E-state index in [0.717, 1.165) is 12.1 Å². The van der Waals surface area contributed by atoms with E-state index in [1.54, 1.807) is 0 Å². The fourth-order valence-electron chi connectivity index (χ4n) is 3.57. The van der Waals surface area contributed by atoms with E-state index in [4.69, 9.17) is 21.1 Å². The molecule has 1 saturated heterocycles. The maximum Gasteiger partial charge on any atom is 0.417 e. The Morgan fingerprint density at radius 2 is 1.82 bits per heavy atom. The zero-order valence-electron chi connectivity index (χ0n) is 17.8. The number of sulfonamides is 1. The van der Waals surface area contributed by atoms with Gasteiger partial charge in [-0.3, -0.25) is 4.79 Å². The van der Waals surface area contributed by atoms with Gasteiger partial charge in [-0.2, -0.15) is 17.5 Å². The van der Waals surface area contributed by atoms with Gasteiger partial charge in [0.15, 0.2) is 11.5 Å². The first kappa shape index (κ1) is 25.1. The van der Waals surface area contributed by atoms with Crippen LogP contribution in [0.15, 0.2) is 41.3 Å². The van der Waals surface area contributed by atoms with Gasteiger partial charge in [-0.15, -0.1) is 0 Å². The van der Waals surface area contributed by atoms with Crippen LogP contribution in [0, 0.1) is 5.92 Å². The molecule has 1 N–H and O–H groups in total. The normalized spacial score (nSPS) is 17.5. The molecule has 1 fully saturated rings. The van der Waals surface area contributed by atoms with Gasteiger partial charge in [0, 0.05) is 24.8 Å². The number of piperidine rings is 1. The number of methoxy groups -OCH3 is 2. The Morgan fingerprint density at radius 3 is 2.45 bits per heavy atom. The Morgan fingerprint density at radius 1 is 1.12 bits per heavy atom. The van der Waals surface area contributed by atoms with E-state index in [9.17, 15) is 26.4 Å². The third kappa shape index (κ3) is 5.53. The van der Waals surface area contributed by atoms with E-state index in [1.165, 1.54) is 42.8 Å². The van der Waals surface area contributed by atoms with Crippen LogP contribution >= 0.6 is 11.6 Å². The van der Waals surface area contributed by atoms with Crippen molar-refractivity contribution in [2.24, 2.45) is 5.92 Å². The molecule has 2 aromatic carbocycles. The Labute approximate surface area is 194 Å². The molecule has 1 amide bonds. The highest BCUT2D eigenvalue weighted by atomic mass is 35.5. The minimum atomic E-state index is -4.67. The van der Waals surface area contributed by atoms with Crippen molar-refractivity contribution in [3.05, 3.63) is 47.0 Å². The largest absolute Gasteiger partial charge is 0.493 e. The number of nitrogens with zero attached hydrogens (tertiary/aromatic N) is 1. The second-order valence-electron chi connectivity index (χ2n) is 7.40. The second kappa shape index (κ2) is 9.78. The first-order chi connectivity index (χ1) is 15.5. The zero-order valence-corrected chi connectivity index (χ0v) is 19.4. The number of amides is 1. The van der Waals surface area contributed by atoms with E-state index < -0.39 is 38.6 Å². The van der Waals surface area contributed by atoms with Gasteiger partial charge in [-0.1, -0.05) is 11.6 Å².